The number of carbonyl (C=O) groups excluding carboxylic acids is 1. The van der Waals surface area contributed by atoms with Gasteiger partial charge in [0.05, 0.1) is 14.2 Å². The number of anilines is 1. The molecule has 168 valence electrons. The Morgan fingerprint density at radius 3 is 2.55 bits per heavy atom. The zero-order valence-corrected chi connectivity index (χ0v) is 18.4. The van der Waals surface area contributed by atoms with E-state index >= 15 is 0 Å². The number of ether oxygens (including phenoxy) is 2. The maximum absolute atomic E-state index is 13.0. The molecule has 9 heteroatoms. The van der Waals surface area contributed by atoms with Crippen LogP contribution in [0.2, 0.25) is 0 Å². The number of nitrogens with zero attached hydrogens (tertiary/aromatic N) is 3. The highest BCUT2D eigenvalue weighted by Gasteiger charge is 2.17. The molecule has 2 aromatic carbocycles. The molecular weight excluding hydrogens is 424 g/mol. The van der Waals surface area contributed by atoms with Gasteiger partial charge in [-0.05, 0) is 36.8 Å². The van der Waals surface area contributed by atoms with Gasteiger partial charge in [0.15, 0.2) is 11.5 Å². The van der Waals surface area contributed by atoms with Gasteiger partial charge in [0, 0.05) is 23.5 Å². The average Bonchev–Trinajstić information content (AvgIpc) is 3.30. The third-order valence-corrected chi connectivity index (χ3v) is 5.04. The first-order valence-corrected chi connectivity index (χ1v) is 10.1. The van der Waals surface area contributed by atoms with Gasteiger partial charge >= 0.3 is 0 Å². The summed E-state index contributed by atoms with van der Waals surface area (Å²) in [6.07, 6.45) is 1.53. The molecule has 9 nitrogen and oxygen atoms in total. The number of aryl methyl sites for hydroxylation is 1. The minimum Gasteiger partial charge on any atom is -0.493 e. The van der Waals surface area contributed by atoms with Crippen LogP contribution in [0.4, 0.5) is 5.69 Å². The van der Waals surface area contributed by atoms with Crippen LogP contribution in [0.3, 0.4) is 0 Å². The molecule has 0 unspecified atom stereocenters. The summed E-state index contributed by atoms with van der Waals surface area (Å²) >= 11 is 0. The number of aromatic nitrogens is 3. The third kappa shape index (κ3) is 4.62. The summed E-state index contributed by atoms with van der Waals surface area (Å²) in [6, 6.07) is 15.9. The largest absolute Gasteiger partial charge is 0.493 e. The van der Waals surface area contributed by atoms with E-state index in [9.17, 15) is 9.59 Å². The summed E-state index contributed by atoms with van der Waals surface area (Å²) in [4.78, 5) is 29.9. The summed E-state index contributed by atoms with van der Waals surface area (Å²) < 4.78 is 17.1. The van der Waals surface area contributed by atoms with Crippen molar-refractivity contribution in [3.8, 4) is 34.3 Å². The molecule has 2 aromatic heterocycles. The molecule has 33 heavy (non-hydrogen) atoms. The molecule has 4 aromatic rings. The van der Waals surface area contributed by atoms with Crippen LogP contribution in [-0.2, 0) is 11.3 Å². The Bertz CT molecular complexity index is 1360. The second-order valence-electron chi connectivity index (χ2n) is 7.21. The maximum Gasteiger partial charge on any atom is 0.263 e. The minimum atomic E-state index is -0.417. The van der Waals surface area contributed by atoms with Gasteiger partial charge in [-0.15, -0.1) is 0 Å². The van der Waals surface area contributed by atoms with Crippen molar-refractivity contribution in [2.45, 2.75) is 13.5 Å². The lowest BCUT2D eigenvalue weighted by atomic mass is 10.1. The van der Waals surface area contributed by atoms with Crippen LogP contribution in [0.15, 0.2) is 70.1 Å². The van der Waals surface area contributed by atoms with E-state index in [0.717, 1.165) is 11.1 Å². The highest BCUT2D eigenvalue weighted by molar-refractivity contribution is 5.91. The van der Waals surface area contributed by atoms with Crippen molar-refractivity contribution in [2.75, 3.05) is 19.5 Å². The predicted octanol–water partition coefficient (Wildman–Crippen LogP) is 3.53. The highest BCUT2D eigenvalue weighted by atomic mass is 16.5. The van der Waals surface area contributed by atoms with Crippen LogP contribution in [0.1, 0.15) is 5.56 Å². The fourth-order valence-electron chi connectivity index (χ4n) is 3.36. The lowest BCUT2D eigenvalue weighted by Crippen LogP contribution is -2.28. The van der Waals surface area contributed by atoms with Crippen LogP contribution < -0.4 is 20.3 Å². The Morgan fingerprint density at radius 2 is 1.79 bits per heavy atom. The number of pyridine rings is 1. The molecule has 0 radical (unpaired) electrons. The molecule has 0 fully saturated rings. The SMILES string of the molecule is COc1ccc(NC(=O)Cn2cccc(-c3nc(-c4ccccc4C)no3)c2=O)cc1OC. The molecule has 0 bridgehead atoms. The first-order valence-electron chi connectivity index (χ1n) is 10.1. The Kier molecular flexibility index (Phi) is 6.21. The van der Waals surface area contributed by atoms with Crippen LogP contribution >= 0.6 is 0 Å². The average molecular weight is 446 g/mol. The topological polar surface area (TPSA) is 108 Å². The van der Waals surface area contributed by atoms with Crippen LogP contribution in [-0.4, -0.2) is 34.8 Å². The Balaban J connectivity index is 1.54. The van der Waals surface area contributed by atoms with E-state index in [-0.39, 0.29) is 23.9 Å². The number of benzene rings is 2. The number of amides is 1. The minimum absolute atomic E-state index is 0.0906. The van der Waals surface area contributed by atoms with E-state index in [0.29, 0.717) is 23.0 Å². The number of methoxy groups -OCH3 is 2. The second-order valence-corrected chi connectivity index (χ2v) is 7.21. The van der Waals surface area contributed by atoms with Crippen molar-refractivity contribution in [3.05, 3.63) is 76.7 Å². The van der Waals surface area contributed by atoms with E-state index in [1.165, 1.54) is 25.0 Å². The Labute approximate surface area is 189 Å². The van der Waals surface area contributed by atoms with Gasteiger partial charge in [0.2, 0.25) is 11.7 Å². The summed E-state index contributed by atoms with van der Waals surface area (Å²) in [6.45, 7) is 1.75. The van der Waals surface area contributed by atoms with Gasteiger partial charge in [-0.2, -0.15) is 4.98 Å². The van der Waals surface area contributed by atoms with Crippen LogP contribution in [0, 0.1) is 6.92 Å². The first-order chi connectivity index (χ1) is 16.0. The Hall–Kier alpha value is -4.40. The number of hydrogen-bond donors (Lipinski definition) is 1. The van der Waals surface area contributed by atoms with Gasteiger partial charge in [-0.3, -0.25) is 9.59 Å². The lowest BCUT2D eigenvalue weighted by molar-refractivity contribution is -0.116. The van der Waals surface area contributed by atoms with Crippen molar-refractivity contribution in [3.63, 3.8) is 0 Å². The number of nitrogens with one attached hydrogen (secondary N) is 1. The van der Waals surface area contributed by atoms with Crippen molar-refractivity contribution >= 4 is 11.6 Å². The molecule has 1 N–H and O–H groups in total. The zero-order chi connectivity index (χ0) is 23.4. The third-order valence-electron chi connectivity index (χ3n) is 5.04. The van der Waals surface area contributed by atoms with E-state index in [2.05, 4.69) is 15.5 Å². The van der Waals surface area contributed by atoms with Crippen molar-refractivity contribution in [2.24, 2.45) is 0 Å². The van der Waals surface area contributed by atoms with Crippen molar-refractivity contribution in [1.82, 2.24) is 14.7 Å². The molecule has 4 rings (SSSR count). The summed E-state index contributed by atoms with van der Waals surface area (Å²) in [5.41, 5.74) is 2.12. The smallest absolute Gasteiger partial charge is 0.263 e. The van der Waals surface area contributed by atoms with Crippen molar-refractivity contribution in [1.29, 1.82) is 0 Å². The molecule has 0 aliphatic carbocycles. The summed E-state index contributed by atoms with van der Waals surface area (Å²) in [7, 11) is 3.04. The second kappa shape index (κ2) is 9.39. The Morgan fingerprint density at radius 1 is 1.03 bits per heavy atom. The summed E-state index contributed by atoms with van der Waals surface area (Å²) in [5.74, 6) is 1.13. The maximum atomic E-state index is 13.0. The molecule has 0 saturated carbocycles. The molecular formula is C24H22N4O5. The van der Waals surface area contributed by atoms with Gasteiger partial charge in [-0.1, -0.05) is 29.4 Å². The zero-order valence-electron chi connectivity index (χ0n) is 18.4. The molecule has 0 aliphatic rings. The molecule has 0 saturated heterocycles. The first kappa shape index (κ1) is 21.8. The fraction of sp³-hybridized carbons (Fsp3) is 0.167. The fourth-order valence-corrected chi connectivity index (χ4v) is 3.36. The van der Waals surface area contributed by atoms with Gasteiger partial charge < -0.3 is 23.9 Å². The molecule has 0 spiro atoms. The van der Waals surface area contributed by atoms with Gasteiger partial charge in [-0.25, -0.2) is 0 Å². The molecule has 0 aliphatic heterocycles. The number of rotatable bonds is 7. The lowest BCUT2D eigenvalue weighted by Gasteiger charge is -2.11. The summed E-state index contributed by atoms with van der Waals surface area (Å²) in [5, 5.41) is 6.76. The van der Waals surface area contributed by atoms with E-state index < -0.39 is 5.56 Å². The van der Waals surface area contributed by atoms with Gasteiger partial charge in [0.25, 0.3) is 11.4 Å². The quantitative estimate of drug-likeness (QED) is 0.463. The normalized spacial score (nSPS) is 10.6. The van der Waals surface area contributed by atoms with Crippen LogP contribution in [0.25, 0.3) is 22.8 Å². The highest BCUT2D eigenvalue weighted by Crippen LogP contribution is 2.29. The number of hydrogen-bond acceptors (Lipinski definition) is 7. The van der Waals surface area contributed by atoms with E-state index in [1.54, 1.807) is 30.3 Å². The molecule has 0 atom stereocenters. The van der Waals surface area contributed by atoms with Crippen LogP contribution in [0.5, 0.6) is 11.5 Å². The predicted molar refractivity (Wildman–Crippen MR) is 122 cm³/mol. The standard InChI is InChI=1S/C24H22N4O5/c1-15-7-4-5-8-17(15)22-26-23(33-27-22)18-9-6-12-28(24(18)30)14-21(29)25-16-10-11-19(31-2)20(13-16)32-3/h4-13H,14H2,1-3H3,(H,25,29). The van der Waals surface area contributed by atoms with Crippen molar-refractivity contribution < 1.29 is 18.8 Å². The van der Waals surface area contributed by atoms with E-state index in [1.807, 2.05) is 31.2 Å². The van der Waals surface area contributed by atoms with Gasteiger partial charge in [0.1, 0.15) is 12.1 Å². The number of carbonyl (C=O) groups is 1. The monoisotopic (exact) mass is 446 g/mol. The molecule has 2 heterocycles. The van der Waals surface area contributed by atoms with E-state index in [4.69, 9.17) is 14.0 Å². The molecule has 1 amide bonds.